The second-order valence-corrected chi connectivity index (χ2v) is 3.69. The Labute approximate surface area is 111 Å². The van der Waals surface area contributed by atoms with Gasteiger partial charge in [0.05, 0.1) is 6.61 Å². The molecule has 0 radical (unpaired) electrons. The standard InChI is InChI=1S/C14H14N2O3/c1-3-19-14(18)12(9-15)8-11-4-6-13(7-5-11)16-10(2)17/h4-8H,3H2,1-2H3,(H,16,17)/b12-8-. The second-order valence-electron chi connectivity index (χ2n) is 3.69. The Morgan fingerprint density at radius 1 is 1.37 bits per heavy atom. The van der Waals surface area contributed by atoms with Gasteiger partial charge in [0.25, 0.3) is 0 Å². The molecule has 0 spiro atoms. The predicted molar refractivity (Wildman–Crippen MR) is 71.0 cm³/mol. The first-order chi connectivity index (χ1) is 9.06. The number of rotatable bonds is 4. The van der Waals surface area contributed by atoms with Crippen LogP contribution in [0.1, 0.15) is 19.4 Å². The van der Waals surface area contributed by atoms with Crippen molar-refractivity contribution >= 4 is 23.6 Å². The van der Waals surface area contributed by atoms with Crippen molar-refractivity contribution in [3.8, 4) is 6.07 Å². The maximum atomic E-state index is 11.4. The highest BCUT2D eigenvalue weighted by Gasteiger charge is 2.09. The molecule has 0 aliphatic heterocycles. The van der Waals surface area contributed by atoms with E-state index in [0.29, 0.717) is 11.3 Å². The second kappa shape index (κ2) is 6.97. The van der Waals surface area contributed by atoms with Gasteiger partial charge in [0.1, 0.15) is 11.6 Å². The zero-order chi connectivity index (χ0) is 14.3. The topological polar surface area (TPSA) is 79.2 Å². The molecule has 1 aromatic rings. The quantitative estimate of drug-likeness (QED) is 0.509. The van der Waals surface area contributed by atoms with Gasteiger partial charge in [-0.3, -0.25) is 4.79 Å². The summed E-state index contributed by atoms with van der Waals surface area (Å²) in [7, 11) is 0. The van der Waals surface area contributed by atoms with Crippen LogP contribution in [0.25, 0.3) is 6.08 Å². The Kier molecular flexibility index (Phi) is 5.30. The van der Waals surface area contributed by atoms with Gasteiger partial charge in [-0.25, -0.2) is 4.79 Å². The summed E-state index contributed by atoms with van der Waals surface area (Å²) < 4.78 is 4.76. The van der Waals surface area contributed by atoms with Crippen molar-refractivity contribution in [2.24, 2.45) is 0 Å². The summed E-state index contributed by atoms with van der Waals surface area (Å²) in [6.07, 6.45) is 1.44. The Bertz CT molecular complexity index is 539. The normalized spacial score (nSPS) is 10.5. The van der Waals surface area contributed by atoms with Gasteiger partial charge in [-0.2, -0.15) is 5.26 Å². The maximum absolute atomic E-state index is 11.4. The van der Waals surface area contributed by atoms with Crippen LogP contribution in [0.15, 0.2) is 29.8 Å². The molecule has 1 N–H and O–H groups in total. The highest BCUT2D eigenvalue weighted by atomic mass is 16.5. The summed E-state index contributed by atoms with van der Waals surface area (Å²) in [6, 6.07) is 8.57. The number of amides is 1. The molecule has 0 aliphatic carbocycles. The number of nitrogens with zero attached hydrogens (tertiary/aromatic N) is 1. The third-order valence-electron chi connectivity index (χ3n) is 2.16. The van der Waals surface area contributed by atoms with Crippen LogP contribution >= 0.6 is 0 Å². The van der Waals surface area contributed by atoms with Crippen LogP contribution in [0.3, 0.4) is 0 Å². The summed E-state index contributed by atoms with van der Waals surface area (Å²) in [5.41, 5.74) is 1.27. The predicted octanol–water partition coefficient (Wildman–Crippen LogP) is 2.12. The highest BCUT2D eigenvalue weighted by molar-refractivity contribution is 5.98. The summed E-state index contributed by atoms with van der Waals surface area (Å²) in [5.74, 6) is -0.802. The molecule has 98 valence electrons. The Hall–Kier alpha value is -2.61. The number of benzene rings is 1. The van der Waals surface area contributed by atoms with Crippen LogP contribution in [-0.2, 0) is 14.3 Å². The Morgan fingerprint density at radius 3 is 2.47 bits per heavy atom. The van der Waals surface area contributed by atoms with E-state index in [1.165, 1.54) is 13.0 Å². The molecular weight excluding hydrogens is 244 g/mol. The van der Waals surface area contributed by atoms with E-state index >= 15 is 0 Å². The molecule has 0 atom stereocenters. The lowest BCUT2D eigenvalue weighted by atomic mass is 10.1. The first-order valence-electron chi connectivity index (χ1n) is 5.73. The van der Waals surface area contributed by atoms with E-state index in [4.69, 9.17) is 10.00 Å². The molecule has 1 rings (SSSR count). The van der Waals surface area contributed by atoms with E-state index < -0.39 is 5.97 Å². The van der Waals surface area contributed by atoms with Gasteiger partial charge in [0.15, 0.2) is 0 Å². The Balaban J connectivity index is 2.88. The smallest absolute Gasteiger partial charge is 0.348 e. The number of nitriles is 1. The van der Waals surface area contributed by atoms with Crippen LogP contribution in [0.4, 0.5) is 5.69 Å². The minimum Gasteiger partial charge on any atom is -0.462 e. The van der Waals surface area contributed by atoms with Crippen LogP contribution in [0.5, 0.6) is 0 Å². The number of carbonyl (C=O) groups is 2. The molecule has 0 saturated carbocycles. The molecule has 0 aromatic heterocycles. The summed E-state index contributed by atoms with van der Waals surface area (Å²) in [6.45, 7) is 3.32. The Morgan fingerprint density at radius 2 is 2.00 bits per heavy atom. The fourth-order valence-corrected chi connectivity index (χ4v) is 1.38. The van der Waals surface area contributed by atoms with E-state index in [0.717, 1.165) is 0 Å². The number of nitrogens with one attached hydrogen (secondary N) is 1. The van der Waals surface area contributed by atoms with Crippen molar-refractivity contribution in [2.75, 3.05) is 11.9 Å². The van der Waals surface area contributed by atoms with Crippen molar-refractivity contribution < 1.29 is 14.3 Å². The molecule has 5 nitrogen and oxygen atoms in total. The van der Waals surface area contributed by atoms with Crippen molar-refractivity contribution in [3.63, 3.8) is 0 Å². The highest BCUT2D eigenvalue weighted by Crippen LogP contribution is 2.13. The van der Waals surface area contributed by atoms with Gasteiger partial charge in [0.2, 0.25) is 5.91 Å². The van der Waals surface area contributed by atoms with Gasteiger partial charge in [0, 0.05) is 12.6 Å². The van der Waals surface area contributed by atoms with Gasteiger partial charge in [-0.15, -0.1) is 0 Å². The monoisotopic (exact) mass is 258 g/mol. The van der Waals surface area contributed by atoms with Gasteiger partial charge >= 0.3 is 5.97 Å². The molecule has 0 fully saturated rings. The molecule has 5 heteroatoms. The van der Waals surface area contributed by atoms with Gasteiger partial charge < -0.3 is 10.1 Å². The molecule has 0 aliphatic rings. The maximum Gasteiger partial charge on any atom is 0.348 e. The van der Waals surface area contributed by atoms with E-state index in [1.807, 2.05) is 0 Å². The van der Waals surface area contributed by atoms with Crippen LogP contribution in [-0.4, -0.2) is 18.5 Å². The van der Waals surface area contributed by atoms with E-state index in [1.54, 1.807) is 37.3 Å². The van der Waals surface area contributed by atoms with Crippen LogP contribution < -0.4 is 5.32 Å². The van der Waals surface area contributed by atoms with Crippen molar-refractivity contribution in [1.82, 2.24) is 0 Å². The third kappa shape index (κ3) is 4.64. The largest absolute Gasteiger partial charge is 0.462 e. The van der Waals surface area contributed by atoms with E-state index in [2.05, 4.69) is 5.32 Å². The lowest BCUT2D eigenvalue weighted by Gasteiger charge is -2.03. The number of carbonyl (C=O) groups excluding carboxylic acids is 2. The van der Waals surface area contributed by atoms with E-state index in [9.17, 15) is 9.59 Å². The average Bonchev–Trinajstić information content (AvgIpc) is 2.37. The fourth-order valence-electron chi connectivity index (χ4n) is 1.38. The summed E-state index contributed by atoms with van der Waals surface area (Å²) in [5, 5.41) is 11.5. The zero-order valence-electron chi connectivity index (χ0n) is 10.8. The fraction of sp³-hybridized carbons (Fsp3) is 0.214. The molecule has 0 saturated heterocycles. The number of anilines is 1. The van der Waals surface area contributed by atoms with Crippen molar-refractivity contribution in [1.29, 1.82) is 5.26 Å². The number of ether oxygens (including phenoxy) is 1. The summed E-state index contributed by atoms with van der Waals surface area (Å²) >= 11 is 0. The lowest BCUT2D eigenvalue weighted by molar-refractivity contribution is -0.137. The minimum atomic E-state index is -0.643. The molecule has 0 unspecified atom stereocenters. The molecule has 0 bridgehead atoms. The first kappa shape index (κ1) is 14.5. The SMILES string of the molecule is CCOC(=O)/C(C#N)=C\c1ccc(NC(C)=O)cc1. The molecule has 19 heavy (non-hydrogen) atoms. The third-order valence-corrected chi connectivity index (χ3v) is 2.16. The van der Waals surface area contributed by atoms with Crippen molar-refractivity contribution in [2.45, 2.75) is 13.8 Å². The van der Waals surface area contributed by atoms with Crippen LogP contribution in [0, 0.1) is 11.3 Å². The van der Waals surface area contributed by atoms with Gasteiger partial charge in [-0.1, -0.05) is 12.1 Å². The molecule has 0 heterocycles. The van der Waals surface area contributed by atoms with E-state index in [-0.39, 0.29) is 18.1 Å². The first-order valence-corrected chi connectivity index (χ1v) is 5.73. The molecule has 1 aromatic carbocycles. The molecular formula is C14H14N2O3. The minimum absolute atomic E-state index is 0.0610. The number of esters is 1. The number of hydrogen-bond donors (Lipinski definition) is 1. The number of hydrogen-bond acceptors (Lipinski definition) is 4. The van der Waals surface area contributed by atoms with Crippen molar-refractivity contribution in [3.05, 3.63) is 35.4 Å². The lowest BCUT2D eigenvalue weighted by Crippen LogP contribution is -2.06. The molecule has 1 amide bonds. The summed E-state index contributed by atoms with van der Waals surface area (Å²) in [4.78, 5) is 22.3. The average molecular weight is 258 g/mol. The zero-order valence-corrected chi connectivity index (χ0v) is 10.8. The van der Waals surface area contributed by atoms with Gasteiger partial charge in [-0.05, 0) is 30.7 Å². The van der Waals surface area contributed by atoms with Crippen LogP contribution in [0.2, 0.25) is 0 Å².